The molecule has 0 aliphatic carbocycles. The van der Waals surface area contributed by atoms with Crippen LogP contribution in [0.1, 0.15) is 17.2 Å². The summed E-state index contributed by atoms with van der Waals surface area (Å²) in [4.78, 5) is 8.73. The summed E-state index contributed by atoms with van der Waals surface area (Å²) >= 11 is 11.5. The monoisotopic (exact) mass is 518 g/mol. The van der Waals surface area contributed by atoms with Crippen molar-refractivity contribution in [2.45, 2.75) is 17.2 Å². The van der Waals surface area contributed by atoms with Crippen molar-refractivity contribution in [3.05, 3.63) is 57.6 Å². The molecule has 0 amide bonds. The molecular weight excluding hydrogens is 503 g/mol. The minimum absolute atomic E-state index is 0.0177. The van der Waals surface area contributed by atoms with E-state index < -0.39 is 46.0 Å². The first-order valence-corrected chi connectivity index (χ1v) is 12.2. The Labute approximate surface area is 186 Å². The molecule has 1 fully saturated rings. The largest absolute Gasteiger partial charge is 0.417 e. The van der Waals surface area contributed by atoms with E-state index in [1.807, 2.05) is 0 Å². The molecule has 170 valence electrons. The van der Waals surface area contributed by atoms with E-state index in [4.69, 9.17) is 27.9 Å². The maximum absolute atomic E-state index is 13.1. The molecule has 0 spiro atoms. The van der Waals surface area contributed by atoms with Gasteiger partial charge in [0.2, 0.25) is 0 Å². The van der Waals surface area contributed by atoms with Gasteiger partial charge in [-0.2, -0.15) is 13.2 Å². The first kappa shape index (κ1) is 24.3. The van der Waals surface area contributed by atoms with Gasteiger partial charge in [0, 0.05) is 23.7 Å². The Kier molecular flexibility index (Phi) is 7.27. The van der Waals surface area contributed by atoms with E-state index in [0.29, 0.717) is 11.6 Å². The van der Waals surface area contributed by atoms with Crippen molar-refractivity contribution in [2.75, 3.05) is 24.4 Å². The summed E-state index contributed by atoms with van der Waals surface area (Å²) in [7, 11) is -7.44. The summed E-state index contributed by atoms with van der Waals surface area (Å²) in [5, 5.41) is -0.471. The third kappa shape index (κ3) is 5.73. The van der Waals surface area contributed by atoms with Crippen LogP contribution < -0.4 is 4.72 Å². The number of ether oxygens (including phenoxy) is 1. The maximum atomic E-state index is 13.1. The Balaban J connectivity index is 1.97. The molecule has 2 aromatic carbocycles. The first-order chi connectivity index (χ1) is 14.4. The van der Waals surface area contributed by atoms with Crippen molar-refractivity contribution in [1.82, 2.24) is 4.67 Å². The van der Waals surface area contributed by atoms with Gasteiger partial charge in [-0.1, -0.05) is 29.3 Å². The van der Waals surface area contributed by atoms with Crippen molar-refractivity contribution in [3.63, 3.8) is 0 Å². The van der Waals surface area contributed by atoms with Crippen LogP contribution in [-0.4, -0.2) is 37.7 Å². The average Bonchev–Trinajstić information content (AvgIpc) is 2.67. The summed E-state index contributed by atoms with van der Waals surface area (Å²) < 4.78 is 85.6. The summed E-state index contributed by atoms with van der Waals surface area (Å²) in [6, 6.07) is 6.46. The smallest absolute Gasteiger partial charge is 0.371 e. The number of morpholine rings is 1. The van der Waals surface area contributed by atoms with Gasteiger partial charge in [0.1, 0.15) is 0 Å². The number of hydrogen-bond acceptors (Lipinski definition) is 4. The fourth-order valence-corrected chi connectivity index (χ4v) is 5.11. The van der Waals surface area contributed by atoms with Gasteiger partial charge in [0.05, 0.1) is 33.9 Å². The zero-order valence-electron chi connectivity index (χ0n) is 15.5. The number of anilines is 1. The molecule has 2 aromatic rings. The lowest BCUT2D eigenvalue weighted by atomic mass is 10.1. The molecule has 3 rings (SSSR count). The van der Waals surface area contributed by atoms with Crippen LogP contribution in [0.4, 0.5) is 18.9 Å². The Morgan fingerprint density at radius 3 is 2.55 bits per heavy atom. The molecule has 1 aliphatic rings. The zero-order valence-corrected chi connectivity index (χ0v) is 18.8. The number of rotatable bonds is 5. The Hall–Kier alpha value is -1.33. The Morgan fingerprint density at radius 2 is 1.90 bits per heavy atom. The number of sulfonamides is 1. The second-order valence-corrected chi connectivity index (χ2v) is 10.3. The number of nitrogens with zero attached hydrogens (tertiary/aromatic N) is 1. The van der Waals surface area contributed by atoms with Gasteiger partial charge in [-0.05, 0) is 30.3 Å². The van der Waals surface area contributed by atoms with Crippen molar-refractivity contribution >= 4 is 47.1 Å². The van der Waals surface area contributed by atoms with Gasteiger partial charge in [-0.15, -0.1) is 0 Å². The highest BCUT2D eigenvalue weighted by Crippen LogP contribution is 2.38. The fourth-order valence-electron chi connectivity index (χ4n) is 3.00. The fraction of sp³-hybridized carbons (Fsp3) is 0.294. The molecule has 2 unspecified atom stereocenters. The molecule has 31 heavy (non-hydrogen) atoms. The van der Waals surface area contributed by atoms with Crippen LogP contribution in [0, 0.1) is 0 Å². The molecule has 1 saturated heterocycles. The van der Waals surface area contributed by atoms with Crippen LogP contribution in [0.3, 0.4) is 0 Å². The molecule has 0 bridgehead atoms. The van der Waals surface area contributed by atoms with Crippen LogP contribution >= 0.6 is 31.4 Å². The lowest BCUT2D eigenvalue weighted by Gasteiger charge is -2.32. The zero-order chi connectivity index (χ0) is 23.0. The van der Waals surface area contributed by atoms with E-state index in [9.17, 15) is 31.0 Å². The topological polar surface area (TPSA) is 95.9 Å². The molecule has 1 aliphatic heterocycles. The first-order valence-electron chi connectivity index (χ1n) is 8.67. The molecule has 7 nitrogen and oxygen atoms in total. The van der Waals surface area contributed by atoms with Gasteiger partial charge >= 0.3 is 6.18 Å². The van der Waals surface area contributed by atoms with E-state index in [0.717, 1.165) is 12.1 Å². The standard InChI is InChI=1S/C17H16Cl2F3N2O5PS/c18-10-1-3-12(16-9-24(30(25)26)5-6-29-16)15(7-10)23-31(27,28)11-2-4-14(19)13(8-11)17(20,21)22/h1-4,7-8,16,23,30H,5-6,9H2,(H,25,26). The van der Waals surface area contributed by atoms with Gasteiger partial charge in [0.15, 0.2) is 0 Å². The summed E-state index contributed by atoms with van der Waals surface area (Å²) in [6.45, 7) is 0.372. The van der Waals surface area contributed by atoms with Gasteiger partial charge in [-0.3, -0.25) is 9.29 Å². The molecule has 14 heteroatoms. The molecule has 2 atom stereocenters. The summed E-state index contributed by atoms with van der Waals surface area (Å²) in [5.41, 5.74) is -1.01. The van der Waals surface area contributed by atoms with Crippen molar-refractivity contribution in [1.29, 1.82) is 0 Å². The SMILES string of the molecule is O=[PH](O)N1CCOC(c2ccc(Cl)cc2NS(=O)(=O)c2ccc(Cl)c(C(F)(F)F)c2)C1. The number of halogens is 5. The third-order valence-corrected chi connectivity index (χ3v) is 7.37. The highest BCUT2D eigenvalue weighted by atomic mass is 35.5. The molecule has 1 heterocycles. The molecule has 2 N–H and O–H groups in total. The van der Waals surface area contributed by atoms with Crippen LogP contribution in [0.5, 0.6) is 0 Å². The number of alkyl halides is 3. The van der Waals surface area contributed by atoms with E-state index in [1.54, 1.807) is 0 Å². The van der Waals surface area contributed by atoms with Crippen molar-refractivity contribution in [2.24, 2.45) is 0 Å². The average molecular weight is 519 g/mol. The van der Waals surface area contributed by atoms with E-state index in [2.05, 4.69) is 4.72 Å². The van der Waals surface area contributed by atoms with E-state index in [-0.39, 0.29) is 30.4 Å². The van der Waals surface area contributed by atoms with Gasteiger partial charge in [-0.25, -0.2) is 13.1 Å². The van der Waals surface area contributed by atoms with Crippen LogP contribution in [-0.2, 0) is 25.5 Å². The van der Waals surface area contributed by atoms with Crippen LogP contribution in [0.2, 0.25) is 10.0 Å². The van der Waals surface area contributed by atoms with E-state index >= 15 is 0 Å². The van der Waals surface area contributed by atoms with Crippen LogP contribution in [0.15, 0.2) is 41.3 Å². The highest BCUT2D eigenvalue weighted by molar-refractivity contribution is 7.92. The van der Waals surface area contributed by atoms with Gasteiger partial charge in [0.25, 0.3) is 18.2 Å². The normalized spacial score (nSPS) is 19.2. The highest BCUT2D eigenvalue weighted by Gasteiger charge is 2.35. The Morgan fingerprint density at radius 1 is 1.19 bits per heavy atom. The number of benzene rings is 2. The molecule has 0 aromatic heterocycles. The number of hydrogen-bond donors (Lipinski definition) is 2. The maximum Gasteiger partial charge on any atom is 0.417 e. The minimum atomic E-state index is -4.84. The summed E-state index contributed by atoms with van der Waals surface area (Å²) in [5.74, 6) is 0. The molecule has 0 radical (unpaired) electrons. The lowest BCUT2D eigenvalue weighted by molar-refractivity contribution is -0.137. The van der Waals surface area contributed by atoms with Crippen molar-refractivity contribution in [3.8, 4) is 0 Å². The van der Waals surface area contributed by atoms with Gasteiger partial charge < -0.3 is 9.63 Å². The second kappa shape index (κ2) is 9.27. The van der Waals surface area contributed by atoms with Crippen molar-refractivity contribution < 1.29 is 35.8 Å². The Bertz CT molecular complexity index is 1120. The van der Waals surface area contributed by atoms with E-state index in [1.165, 1.54) is 22.9 Å². The molecule has 0 saturated carbocycles. The predicted octanol–water partition coefficient (Wildman–Crippen LogP) is 4.57. The third-order valence-electron chi connectivity index (χ3n) is 4.50. The lowest BCUT2D eigenvalue weighted by Crippen LogP contribution is -2.34. The summed E-state index contributed by atoms with van der Waals surface area (Å²) in [6.07, 6.45) is -5.61. The number of nitrogens with one attached hydrogen (secondary N) is 1. The van der Waals surface area contributed by atoms with Crippen LogP contribution in [0.25, 0.3) is 0 Å². The quantitative estimate of drug-likeness (QED) is 0.563. The molecular formula is C17H16Cl2F3N2O5PS. The predicted molar refractivity (Wildman–Crippen MR) is 110 cm³/mol. The second-order valence-electron chi connectivity index (χ2n) is 6.56. The minimum Gasteiger partial charge on any atom is -0.371 e.